The molecule has 1 N–H and O–H groups in total. The zero-order valence-electron chi connectivity index (χ0n) is 14.5. The molecule has 1 aliphatic carbocycles. The molecular weight excluding hydrogens is 244 g/mol. The molecule has 2 fully saturated rings. The highest BCUT2D eigenvalue weighted by Crippen LogP contribution is 2.41. The van der Waals surface area contributed by atoms with Crippen LogP contribution in [0.4, 0.5) is 0 Å². The first kappa shape index (κ1) is 16.3. The molecule has 118 valence electrons. The topological polar surface area (TPSA) is 15.3 Å². The fraction of sp³-hybridized carbons (Fsp3) is 1.00. The Labute approximate surface area is 126 Å². The molecule has 0 radical (unpaired) electrons. The summed E-state index contributed by atoms with van der Waals surface area (Å²) in [6.07, 6.45) is 7.15. The Morgan fingerprint density at radius 3 is 2.35 bits per heavy atom. The van der Waals surface area contributed by atoms with Gasteiger partial charge in [0.25, 0.3) is 0 Å². The second-order valence-corrected chi connectivity index (χ2v) is 8.83. The Morgan fingerprint density at radius 1 is 1.20 bits per heavy atom. The highest BCUT2D eigenvalue weighted by Gasteiger charge is 2.39. The standard InChI is InChI=1S/C18H36N2/c1-15(2)19-13-18(9-6-7-10-18)14-20-11-8-16(12-20)17(3,4)5/h15-16,19H,6-14H2,1-5H3. The van der Waals surface area contributed by atoms with Crippen LogP contribution >= 0.6 is 0 Å². The molecule has 2 aliphatic rings. The fourth-order valence-corrected chi connectivity index (χ4v) is 4.09. The number of hydrogen-bond acceptors (Lipinski definition) is 2. The predicted octanol–water partition coefficient (Wildman–Crippen LogP) is 3.91. The highest BCUT2D eigenvalue weighted by molar-refractivity contribution is 4.93. The molecule has 2 rings (SSSR count). The fourth-order valence-electron chi connectivity index (χ4n) is 4.09. The molecule has 2 heteroatoms. The van der Waals surface area contributed by atoms with Crippen molar-refractivity contribution in [1.29, 1.82) is 0 Å². The summed E-state index contributed by atoms with van der Waals surface area (Å²) in [6.45, 7) is 17.0. The Hall–Kier alpha value is -0.0800. The van der Waals surface area contributed by atoms with Gasteiger partial charge in [-0.2, -0.15) is 0 Å². The molecule has 0 bridgehead atoms. The Kier molecular flexibility index (Phi) is 5.18. The van der Waals surface area contributed by atoms with Crippen molar-refractivity contribution in [2.75, 3.05) is 26.2 Å². The van der Waals surface area contributed by atoms with Crippen LogP contribution in [0.3, 0.4) is 0 Å². The number of rotatable bonds is 5. The van der Waals surface area contributed by atoms with Gasteiger partial charge in [0, 0.05) is 25.7 Å². The van der Waals surface area contributed by atoms with E-state index in [1.165, 1.54) is 58.3 Å². The normalized spacial score (nSPS) is 27.6. The Bertz CT molecular complexity index is 297. The van der Waals surface area contributed by atoms with E-state index in [1.54, 1.807) is 0 Å². The van der Waals surface area contributed by atoms with Crippen molar-refractivity contribution in [1.82, 2.24) is 10.2 Å². The summed E-state index contributed by atoms with van der Waals surface area (Å²) in [5, 5.41) is 3.72. The summed E-state index contributed by atoms with van der Waals surface area (Å²) < 4.78 is 0. The molecule has 1 saturated heterocycles. The lowest BCUT2D eigenvalue weighted by atomic mass is 9.80. The van der Waals surface area contributed by atoms with Crippen LogP contribution in [0.25, 0.3) is 0 Å². The van der Waals surface area contributed by atoms with Gasteiger partial charge in [0.15, 0.2) is 0 Å². The van der Waals surface area contributed by atoms with Crippen LogP contribution in [0.1, 0.15) is 66.7 Å². The quantitative estimate of drug-likeness (QED) is 0.821. The minimum absolute atomic E-state index is 0.480. The molecular formula is C18H36N2. The molecule has 0 spiro atoms. The maximum atomic E-state index is 3.72. The lowest BCUT2D eigenvalue weighted by molar-refractivity contribution is 0.152. The molecule has 20 heavy (non-hydrogen) atoms. The van der Waals surface area contributed by atoms with Crippen molar-refractivity contribution in [2.24, 2.45) is 16.7 Å². The smallest absolute Gasteiger partial charge is 0.00503 e. The summed E-state index contributed by atoms with van der Waals surface area (Å²) in [5.74, 6) is 0.888. The van der Waals surface area contributed by atoms with Crippen molar-refractivity contribution in [3.63, 3.8) is 0 Å². The van der Waals surface area contributed by atoms with E-state index in [4.69, 9.17) is 0 Å². The Balaban J connectivity index is 1.89. The van der Waals surface area contributed by atoms with E-state index < -0.39 is 0 Å². The SMILES string of the molecule is CC(C)NCC1(CN2CCC(C(C)(C)C)C2)CCCC1. The van der Waals surface area contributed by atoms with Gasteiger partial charge in [0.05, 0.1) is 0 Å². The summed E-state index contributed by atoms with van der Waals surface area (Å²) >= 11 is 0. The monoisotopic (exact) mass is 280 g/mol. The summed E-state index contributed by atoms with van der Waals surface area (Å²) in [6, 6.07) is 0.619. The predicted molar refractivity (Wildman–Crippen MR) is 88.0 cm³/mol. The van der Waals surface area contributed by atoms with Crippen LogP contribution in [0.2, 0.25) is 0 Å². The molecule has 0 aromatic heterocycles. The van der Waals surface area contributed by atoms with Gasteiger partial charge in [-0.15, -0.1) is 0 Å². The lowest BCUT2D eigenvalue weighted by Crippen LogP contribution is -2.44. The maximum Gasteiger partial charge on any atom is 0.00503 e. The van der Waals surface area contributed by atoms with Crippen molar-refractivity contribution in [3.8, 4) is 0 Å². The molecule has 1 aliphatic heterocycles. The largest absolute Gasteiger partial charge is 0.314 e. The van der Waals surface area contributed by atoms with Gasteiger partial charge in [0.2, 0.25) is 0 Å². The molecule has 1 heterocycles. The van der Waals surface area contributed by atoms with Gasteiger partial charge in [-0.05, 0) is 42.6 Å². The zero-order chi connectivity index (χ0) is 14.8. The van der Waals surface area contributed by atoms with E-state index in [2.05, 4.69) is 44.8 Å². The number of nitrogens with one attached hydrogen (secondary N) is 1. The van der Waals surface area contributed by atoms with E-state index in [0.717, 1.165) is 5.92 Å². The molecule has 1 saturated carbocycles. The molecule has 2 nitrogen and oxygen atoms in total. The van der Waals surface area contributed by atoms with Crippen molar-refractivity contribution >= 4 is 0 Å². The lowest BCUT2D eigenvalue weighted by Gasteiger charge is -2.35. The zero-order valence-corrected chi connectivity index (χ0v) is 14.5. The van der Waals surface area contributed by atoms with Crippen LogP contribution < -0.4 is 5.32 Å². The van der Waals surface area contributed by atoms with Crippen LogP contribution in [-0.4, -0.2) is 37.1 Å². The van der Waals surface area contributed by atoms with E-state index >= 15 is 0 Å². The third kappa shape index (κ3) is 4.21. The highest BCUT2D eigenvalue weighted by atomic mass is 15.2. The molecule has 1 atom stereocenters. The van der Waals surface area contributed by atoms with Gasteiger partial charge in [-0.3, -0.25) is 0 Å². The first-order valence-electron chi connectivity index (χ1n) is 8.76. The second kappa shape index (κ2) is 6.36. The van der Waals surface area contributed by atoms with Crippen LogP contribution in [0, 0.1) is 16.7 Å². The van der Waals surface area contributed by atoms with Gasteiger partial charge in [-0.1, -0.05) is 47.5 Å². The van der Waals surface area contributed by atoms with Crippen LogP contribution in [0.5, 0.6) is 0 Å². The van der Waals surface area contributed by atoms with Gasteiger partial charge in [-0.25, -0.2) is 0 Å². The van der Waals surface area contributed by atoms with Crippen molar-refractivity contribution in [2.45, 2.75) is 72.8 Å². The summed E-state index contributed by atoms with van der Waals surface area (Å²) in [4.78, 5) is 2.77. The van der Waals surface area contributed by atoms with Gasteiger partial charge >= 0.3 is 0 Å². The molecule has 0 amide bonds. The van der Waals surface area contributed by atoms with Gasteiger partial charge in [0.1, 0.15) is 0 Å². The minimum Gasteiger partial charge on any atom is -0.314 e. The number of hydrogen-bond donors (Lipinski definition) is 1. The Morgan fingerprint density at radius 2 is 1.85 bits per heavy atom. The van der Waals surface area contributed by atoms with Crippen LogP contribution in [-0.2, 0) is 0 Å². The van der Waals surface area contributed by atoms with Crippen molar-refractivity contribution in [3.05, 3.63) is 0 Å². The summed E-state index contributed by atoms with van der Waals surface area (Å²) in [5.41, 5.74) is 1.05. The second-order valence-electron chi connectivity index (χ2n) is 8.83. The van der Waals surface area contributed by atoms with Crippen LogP contribution in [0.15, 0.2) is 0 Å². The molecule has 1 unspecified atom stereocenters. The van der Waals surface area contributed by atoms with E-state index in [9.17, 15) is 0 Å². The van der Waals surface area contributed by atoms with Gasteiger partial charge < -0.3 is 10.2 Å². The minimum atomic E-state index is 0.480. The van der Waals surface area contributed by atoms with E-state index in [1.807, 2.05) is 0 Å². The third-order valence-electron chi connectivity index (χ3n) is 5.61. The van der Waals surface area contributed by atoms with E-state index in [0.29, 0.717) is 16.9 Å². The average molecular weight is 280 g/mol. The average Bonchev–Trinajstić information content (AvgIpc) is 2.96. The molecule has 0 aromatic rings. The first-order chi connectivity index (χ1) is 9.31. The molecule has 0 aromatic carbocycles. The summed E-state index contributed by atoms with van der Waals surface area (Å²) in [7, 11) is 0. The number of likely N-dealkylation sites (tertiary alicyclic amines) is 1. The maximum absolute atomic E-state index is 3.72. The first-order valence-corrected chi connectivity index (χ1v) is 8.76. The third-order valence-corrected chi connectivity index (χ3v) is 5.61. The van der Waals surface area contributed by atoms with Crippen molar-refractivity contribution < 1.29 is 0 Å². The number of nitrogens with zero attached hydrogens (tertiary/aromatic N) is 1. The van der Waals surface area contributed by atoms with E-state index in [-0.39, 0.29) is 0 Å².